The number of para-hydroxylation sites is 2. The molecule has 3 aliphatic heterocycles. The van der Waals surface area contributed by atoms with E-state index in [-0.39, 0.29) is 30.4 Å². The lowest BCUT2D eigenvalue weighted by atomic mass is 9.75. The molecule has 2 aromatic rings. The van der Waals surface area contributed by atoms with Crippen molar-refractivity contribution in [3.05, 3.63) is 59.7 Å². The number of nitrogens with zero attached hydrogens (tertiary/aromatic N) is 2. The molecule has 0 atom stereocenters. The average Bonchev–Trinajstić information content (AvgIpc) is 2.90. The van der Waals surface area contributed by atoms with Crippen LogP contribution in [0.5, 0.6) is 11.5 Å². The van der Waals surface area contributed by atoms with Gasteiger partial charge in [-0.15, -0.1) is 0 Å². The highest BCUT2D eigenvalue weighted by Gasteiger charge is 2.36. The maximum absolute atomic E-state index is 13.2. The summed E-state index contributed by atoms with van der Waals surface area (Å²) in [6.07, 6.45) is 4.21. The zero-order valence-electron chi connectivity index (χ0n) is 20.6. The van der Waals surface area contributed by atoms with Crippen LogP contribution >= 0.6 is 0 Å². The highest BCUT2D eigenvalue weighted by Crippen LogP contribution is 2.37. The molecular formula is C28H36N2O5. The maximum Gasteiger partial charge on any atom is 0.260 e. The number of aliphatic hydroxyl groups is 1. The van der Waals surface area contributed by atoms with Gasteiger partial charge in [0.05, 0.1) is 12.1 Å². The van der Waals surface area contributed by atoms with Crippen molar-refractivity contribution in [2.24, 2.45) is 5.41 Å². The van der Waals surface area contributed by atoms with E-state index in [0.29, 0.717) is 49.8 Å². The van der Waals surface area contributed by atoms with Crippen molar-refractivity contribution in [2.75, 3.05) is 46.0 Å². The third-order valence-corrected chi connectivity index (χ3v) is 7.37. The van der Waals surface area contributed by atoms with Gasteiger partial charge in [-0.25, -0.2) is 0 Å². The number of hydrogen-bond donors (Lipinski definition) is 1. The molecule has 5 rings (SSSR count). The van der Waals surface area contributed by atoms with Crippen molar-refractivity contribution in [1.82, 2.24) is 9.80 Å². The van der Waals surface area contributed by atoms with E-state index in [1.165, 1.54) is 0 Å². The zero-order valence-corrected chi connectivity index (χ0v) is 20.6. The number of amides is 2. The molecule has 7 nitrogen and oxygen atoms in total. The summed E-state index contributed by atoms with van der Waals surface area (Å²) in [7, 11) is 0. The Morgan fingerprint density at radius 3 is 2.51 bits per heavy atom. The average molecular weight is 481 g/mol. The van der Waals surface area contributed by atoms with Gasteiger partial charge < -0.3 is 24.4 Å². The molecule has 1 N–H and O–H groups in total. The number of aryl methyl sites for hydroxylation is 1. The summed E-state index contributed by atoms with van der Waals surface area (Å²) in [4.78, 5) is 30.0. The van der Waals surface area contributed by atoms with E-state index in [0.717, 1.165) is 37.7 Å². The minimum Gasteiger partial charge on any atom is -0.491 e. The highest BCUT2D eigenvalue weighted by atomic mass is 16.5. The molecule has 0 saturated carbocycles. The SMILES string of the molecule is Cc1ccccc1OCC(=O)N1CCCCC2(CO)CCN(CC2)C(=O)c2ccccc2OCC1. The fourth-order valence-electron chi connectivity index (χ4n) is 4.99. The van der Waals surface area contributed by atoms with Crippen molar-refractivity contribution in [3.8, 4) is 11.5 Å². The summed E-state index contributed by atoms with van der Waals surface area (Å²) >= 11 is 0. The molecule has 0 spiro atoms. The number of carbonyl (C=O) groups is 2. The lowest BCUT2D eigenvalue weighted by molar-refractivity contribution is -0.133. The van der Waals surface area contributed by atoms with Gasteiger partial charge >= 0.3 is 0 Å². The molecule has 188 valence electrons. The molecule has 0 aromatic heterocycles. The van der Waals surface area contributed by atoms with Gasteiger partial charge in [-0.1, -0.05) is 36.8 Å². The first kappa shape index (κ1) is 25.0. The molecule has 0 aliphatic carbocycles. The molecule has 2 bridgehead atoms. The number of fused-ring (bicyclic) bond motifs is 9. The lowest BCUT2D eigenvalue weighted by Gasteiger charge is -2.41. The largest absolute Gasteiger partial charge is 0.491 e. The summed E-state index contributed by atoms with van der Waals surface area (Å²) in [5.41, 5.74) is 1.37. The van der Waals surface area contributed by atoms with Crippen LogP contribution in [0, 0.1) is 12.3 Å². The fourth-order valence-corrected chi connectivity index (χ4v) is 4.99. The second-order valence-electron chi connectivity index (χ2n) is 9.69. The number of hydrogen-bond acceptors (Lipinski definition) is 5. The molecule has 2 aromatic carbocycles. The second kappa shape index (κ2) is 11.6. The molecule has 0 unspecified atom stereocenters. The summed E-state index contributed by atoms with van der Waals surface area (Å²) in [5.74, 6) is 1.12. The maximum atomic E-state index is 13.2. The summed E-state index contributed by atoms with van der Waals surface area (Å²) in [6.45, 7) is 4.63. The van der Waals surface area contributed by atoms with Crippen molar-refractivity contribution in [3.63, 3.8) is 0 Å². The molecule has 2 amide bonds. The fraction of sp³-hybridized carbons (Fsp3) is 0.500. The summed E-state index contributed by atoms with van der Waals surface area (Å²) in [5, 5.41) is 10.2. The predicted octanol–water partition coefficient (Wildman–Crippen LogP) is 3.68. The number of aliphatic hydroxyl groups excluding tert-OH is 1. The van der Waals surface area contributed by atoms with Crippen LogP contribution < -0.4 is 9.47 Å². The molecule has 7 heteroatoms. The van der Waals surface area contributed by atoms with E-state index in [1.54, 1.807) is 17.0 Å². The number of benzene rings is 2. The predicted molar refractivity (Wildman–Crippen MR) is 134 cm³/mol. The molecule has 3 heterocycles. The zero-order chi connectivity index (χ0) is 24.7. The van der Waals surface area contributed by atoms with Crippen LogP contribution in [-0.2, 0) is 4.79 Å². The van der Waals surface area contributed by atoms with E-state index < -0.39 is 0 Å². The Morgan fingerprint density at radius 1 is 1.00 bits per heavy atom. The topological polar surface area (TPSA) is 79.3 Å². The monoisotopic (exact) mass is 480 g/mol. The van der Waals surface area contributed by atoms with Crippen LogP contribution in [0.4, 0.5) is 0 Å². The van der Waals surface area contributed by atoms with Crippen molar-refractivity contribution in [2.45, 2.75) is 39.0 Å². The standard InChI is InChI=1S/C28H36N2O5/c1-22-8-2-4-10-24(22)35-20-26(32)29-15-7-6-12-28(21-31)13-16-30(17-14-28)27(33)23-9-3-5-11-25(23)34-19-18-29/h2-5,8-11,31H,6-7,12-21H2,1H3. The van der Waals surface area contributed by atoms with Gasteiger partial charge in [0.1, 0.15) is 18.1 Å². The van der Waals surface area contributed by atoms with Crippen molar-refractivity contribution >= 4 is 11.8 Å². The Bertz CT molecular complexity index is 1020. The van der Waals surface area contributed by atoms with Crippen LogP contribution in [0.3, 0.4) is 0 Å². The van der Waals surface area contributed by atoms with Crippen LogP contribution in [0.2, 0.25) is 0 Å². The van der Waals surface area contributed by atoms with Crippen molar-refractivity contribution < 1.29 is 24.2 Å². The summed E-state index contributed by atoms with van der Waals surface area (Å²) in [6, 6.07) is 15.0. The first-order valence-electron chi connectivity index (χ1n) is 12.6. The van der Waals surface area contributed by atoms with Gasteiger partial charge in [-0.2, -0.15) is 0 Å². The third-order valence-electron chi connectivity index (χ3n) is 7.37. The Hall–Kier alpha value is -3.06. The van der Waals surface area contributed by atoms with E-state index in [2.05, 4.69) is 0 Å². The van der Waals surface area contributed by atoms with Crippen molar-refractivity contribution in [1.29, 1.82) is 0 Å². The van der Waals surface area contributed by atoms with Gasteiger partial charge in [0.25, 0.3) is 11.8 Å². The third kappa shape index (κ3) is 6.14. The lowest BCUT2D eigenvalue weighted by Crippen LogP contribution is -2.44. The molecule has 1 saturated heterocycles. The number of rotatable bonds is 4. The van der Waals surface area contributed by atoms with Crippen LogP contribution in [0.15, 0.2) is 48.5 Å². The van der Waals surface area contributed by atoms with Crippen LogP contribution in [0.1, 0.15) is 48.0 Å². The number of ether oxygens (including phenoxy) is 2. The van der Waals surface area contributed by atoms with Gasteiger partial charge in [-0.05, 0) is 61.8 Å². The quantitative estimate of drug-likeness (QED) is 0.722. The Kier molecular flexibility index (Phi) is 8.29. The number of carbonyl (C=O) groups excluding carboxylic acids is 2. The molecule has 1 fully saturated rings. The first-order valence-corrected chi connectivity index (χ1v) is 12.6. The Morgan fingerprint density at radius 2 is 1.74 bits per heavy atom. The molecular weight excluding hydrogens is 444 g/mol. The van der Waals surface area contributed by atoms with Crippen LogP contribution in [0.25, 0.3) is 0 Å². The molecule has 0 radical (unpaired) electrons. The Balaban J connectivity index is 1.48. The molecule has 3 aliphatic rings. The summed E-state index contributed by atoms with van der Waals surface area (Å²) < 4.78 is 11.8. The van der Waals surface area contributed by atoms with E-state index >= 15 is 0 Å². The normalized spacial score (nSPS) is 18.7. The minimum absolute atomic E-state index is 0.0323. The smallest absolute Gasteiger partial charge is 0.260 e. The first-order chi connectivity index (χ1) is 17.0. The second-order valence-corrected chi connectivity index (χ2v) is 9.69. The number of piperidine rings is 1. The molecule has 35 heavy (non-hydrogen) atoms. The van der Waals surface area contributed by atoms with E-state index in [1.807, 2.05) is 48.2 Å². The van der Waals surface area contributed by atoms with E-state index in [4.69, 9.17) is 9.47 Å². The van der Waals surface area contributed by atoms with Gasteiger partial charge in [0.2, 0.25) is 0 Å². The van der Waals surface area contributed by atoms with Gasteiger partial charge in [0, 0.05) is 26.2 Å². The van der Waals surface area contributed by atoms with E-state index in [9.17, 15) is 14.7 Å². The van der Waals surface area contributed by atoms with Crippen LogP contribution in [-0.4, -0.2) is 72.7 Å². The van der Waals surface area contributed by atoms with Gasteiger partial charge in [0.15, 0.2) is 6.61 Å². The van der Waals surface area contributed by atoms with Gasteiger partial charge in [-0.3, -0.25) is 9.59 Å². The minimum atomic E-state index is -0.157. The highest BCUT2D eigenvalue weighted by molar-refractivity contribution is 5.97. The Labute approximate surface area is 207 Å².